The van der Waals surface area contributed by atoms with Crippen molar-refractivity contribution in [3.05, 3.63) is 57.0 Å². The van der Waals surface area contributed by atoms with Crippen LogP contribution in [-0.4, -0.2) is 50.3 Å². The van der Waals surface area contributed by atoms with E-state index < -0.39 is 0 Å². The maximum Gasteiger partial charge on any atom is 2.00 e. The minimum atomic E-state index is -0.0199. The Morgan fingerprint density at radius 1 is 1.27 bits per heavy atom. The molecule has 1 N–H and O–H groups in total. The molecule has 0 fully saturated rings. The fourth-order valence-electron chi connectivity index (χ4n) is 1.95. The van der Waals surface area contributed by atoms with Gasteiger partial charge in [-0.3, -0.25) is 9.98 Å². The van der Waals surface area contributed by atoms with E-state index in [9.17, 15) is 0 Å². The number of nitrogens with one attached hydrogen (secondary N) is 1. The van der Waals surface area contributed by atoms with Crippen LogP contribution in [0, 0.1) is 12.3 Å². The number of isothiocyanates is 2. The van der Waals surface area contributed by atoms with Crippen molar-refractivity contribution in [3.63, 3.8) is 0 Å². The first-order chi connectivity index (χ1) is 13.7. The Morgan fingerprint density at radius 3 is 2.37 bits per heavy atom. The zero-order valence-electron chi connectivity index (χ0n) is 17.0. The van der Waals surface area contributed by atoms with Crippen molar-refractivity contribution in [2.24, 2.45) is 15.4 Å². The minimum absolute atomic E-state index is 0. The Bertz CT molecular complexity index is 886. The summed E-state index contributed by atoms with van der Waals surface area (Å²) in [5, 5.41) is 16.9. The molecule has 2 aromatic rings. The third-order valence-corrected chi connectivity index (χ3v) is 3.87. The normalized spacial score (nSPS) is 10.5. The predicted octanol–water partition coefficient (Wildman–Crippen LogP) is 5.14. The minimum Gasteiger partial charge on any atom is -0.753 e. The van der Waals surface area contributed by atoms with Crippen molar-refractivity contribution in [2.75, 3.05) is 13.1 Å². The van der Waals surface area contributed by atoms with Crippen LogP contribution in [0.2, 0.25) is 0 Å². The van der Waals surface area contributed by atoms with Crippen LogP contribution < -0.4 is 0 Å². The van der Waals surface area contributed by atoms with Crippen LogP contribution in [0.3, 0.4) is 0 Å². The van der Waals surface area contributed by atoms with Gasteiger partial charge in [-0.25, -0.2) is 9.97 Å². The van der Waals surface area contributed by atoms with E-state index in [0.29, 0.717) is 13.1 Å². The zero-order chi connectivity index (χ0) is 22.3. The van der Waals surface area contributed by atoms with Gasteiger partial charge in [0.2, 0.25) is 0 Å². The number of imidazole rings is 1. The zero-order valence-corrected chi connectivity index (χ0v) is 21.4. The fraction of sp³-hybridized carbons (Fsp3) is 0.368. The first-order valence-electron chi connectivity index (χ1n) is 8.37. The summed E-state index contributed by atoms with van der Waals surface area (Å²) in [6.07, 6.45) is 3.50. The molecule has 11 heteroatoms. The van der Waals surface area contributed by atoms with Gasteiger partial charge in [-0.2, -0.15) is 10.3 Å². The smallest absolute Gasteiger partial charge is 0.753 e. The standard InChI is InChI=1S/C17H22BrN5.2CNS.Fe/c1-12(14-6-5-7-16(18)23-14)20-10-17(3,4)9-19-8-15-13(2)21-11-22-15;2*2-1-3;/h5-8,11H,9-10H2,1-4H3,(H,21,22);;;/q;2*-1;+2. The molecule has 0 unspecified atom stereocenters. The number of pyridine rings is 1. The molecule has 0 amide bonds. The van der Waals surface area contributed by atoms with E-state index in [1.807, 2.05) is 38.3 Å². The summed E-state index contributed by atoms with van der Waals surface area (Å²) in [6, 6.07) is 5.84. The van der Waals surface area contributed by atoms with Gasteiger partial charge in [-0.05, 0) is 41.9 Å². The average molecular weight is 548 g/mol. The van der Waals surface area contributed by atoms with Crippen molar-refractivity contribution in [1.82, 2.24) is 15.0 Å². The fourth-order valence-corrected chi connectivity index (χ4v) is 2.30. The van der Waals surface area contributed by atoms with E-state index in [-0.39, 0.29) is 22.5 Å². The van der Waals surface area contributed by atoms with Crippen LogP contribution in [0.15, 0.2) is 39.1 Å². The molecule has 0 aliphatic heterocycles. The van der Waals surface area contributed by atoms with Gasteiger partial charge >= 0.3 is 17.1 Å². The summed E-state index contributed by atoms with van der Waals surface area (Å²) in [5.74, 6) is 0. The van der Waals surface area contributed by atoms with Gasteiger partial charge in [-0.1, -0.05) is 44.3 Å². The molecule has 0 radical (unpaired) electrons. The Hall–Kier alpha value is -1.70. The molecule has 0 bridgehead atoms. The number of H-pyrrole nitrogens is 1. The molecule has 30 heavy (non-hydrogen) atoms. The molecule has 2 aromatic heterocycles. The summed E-state index contributed by atoms with van der Waals surface area (Å²) in [5.41, 5.74) is 3.73. The van der Waals surface area contributed by atoms with Gasteiger partial charge < -0.3 is 15.8 Å². The Labute approximate surface area is 207 Å². The number of hydrogen-bond donors (Lipinski definition) is 1. The molecule has 0 saturated carbocycles. The number of aromatic nitrogens is 3. The van der Waals surface area contributed by atoms with Crippen molar-refractivity contribution in [1.29, 1.82) is 0 Å². The van der Waals surface area contributed by atoms with Crippen LogP contribution in [0.4, 0.5) is 0 Å². The summed E-state index contributed by atoms with van der Waals surface area (Å²) in [4.78, 5) is 20.9. The number of aliphatic imine (C=N–C) groups is 2. The number of halogens is 1. The van der Waals surface area contributed by atoms with Crippen molar-refractivity contribution in [2.45, 2.75) is 27.7 Å². The van der Waals surface area contributed by atoms with Crippen molar-refractivity contribution in [3.8, 4) is 0 Å². The number of hydrogen-bond acceptors (Lipinski definition) is 6. The second-order valence-corrected chi connectivity index (χ2v) is 7.65. The molecule has 7 nitrogen and oxygen atoms in total. The summed E-state index contributed by atoms with van der Waals surface area (Å²) in [7, 11) is 0. The van der Waals surface area contributed by atoms with E-state index in [1.54, 1.807) is 6.33 Å². The third-order valence-electron chi connectivity index (χ3n) is 3.43. The molecule has 0 aliphatic rings. The quantitative estimate of drug-likeness (QED) is 0.233. The van der Waals surface area contributed by atoms with Gasteiger partial charge in [0.05, 0.1) is 17.7 Å². The van der Waals surface area contributed by atoms with Gasteiger partial charge in [0.1, 0.15) is 10.3 Å². The van der Waals surface area contributed by atoms with E-state index in [2.05, 4.69) is 79.1 Å². The van der Waals surface area contributed by atoms with Crippen LogP contribution in [-0.2, 0) is 17.1 Å². The summed E-state index contributed by atoms with van der Waals surface area (Å²) < 4.78 is 0.822. The van der Waals surface area contributed by atoms with Crippen LogP contribution in [0.5, 0.6) is 0 Å². The second-order valence-electron chi connectivity index (χ2n) is 6.48. The van der Waals surface area contributed by atoms with Crippen molar-refractivity contribution >= 4 is 62.6 Å². The van der Waals surface area contributed by atoms with Crippen LogP contribution in [0.1, 0.15) is 37.9 Å². The van der Waals surface area contributed by atoms with E-state index >= 15 is 0 Å². The molecule has 0 saturated heterocycles. The average Bonchev–Trinajstić information content (AvgIpc) is 3.06. The number of thiocarbonyl (C=S) groups is 2. The van der Waals surface area contributed by atoms with Gasteiger partial charge in [0, 0.05) is 30.4 Å². The van der Waals surface area contributed by atoms with E-state index in [4.69, 9.17) is 10.8 Å². The molecule has 0 aromatic carbocycles. The molecule has 160 valence electrons. The van der Waals surface area contributed by atoms with Gasteiger partial charge in [-0.15, -0.1) is 0 Å². The summed E-state index contributed by atoms with van der Waals surface area (Å²) in [6.45, 7) is 9.69. The maximum atomic E-state index is 7.13. The van der Waals surface area contributed by atoms with E-state index in [0.717, 1.165) is 27.4 Å². The first-order valence-corrected chi connectivity index (χ1v) is 9.98. The molecule has 2 rings (SSSR count). The molecule has 0 spiro atoms. The molecular formula is C19H22BrFeN7S2. The third kappa shape index (κ3) is 13.5. The maximum absolute atomic E-state index is 7.13. The number of nitrogens with zero attached hydrogens (tertiary/aromatic N) is 6. The first kappa shape index (κ1) is 30.5. The topological polar surface area (TPSA) is 111 Å². The van der Waals surface area contributed by atoms with Gasteiger partial charge in [0.15, 0.2) is 0 Å². The SMILES string of the molecule is CC(=NCC(C)(C)CN=Cc1nc[nH]c1C)c1cccc(Br)n1.[Fe+2].[N-]=C=S.[N-]=C=S. The second kappa shape index (κ2) is 17.0. The molecule has 0 aliphatic carbocycles. The largest absolute Gasteiger partial charge is 2.00 e. The Morgan fingerprint density at radius 2 is 1.87 bits per heavy atom. The molecule has 0 atom stereocenters. The number of rotatable bonds is 6. The summed E-state index contributed by atoms with van der Waals surface area (Å²) >= 11 is 10.8. The van der Waals surface area contributed by atoms with E-state index in [1.165, 1.54) is 10.3 Å². The number of aryl methyl sites for hydroxylation is 1. The monoisotopic (exact) mass is 547 g/mol. The number of aromatic amines is 1. The molecule has 2 heterocycles. The predicted molar refractivity (Wildman–Crippen MR) is 130 cm³/mol. The van der Waals surface area contributed by atoms with Crippen LogP contribution >= 0.6 is 40.4 Å². The Balaban J connectivity index is 0. The van der Waals surface area contributed by atoms with Crippen molar-refractivity contribution < 1.29 is 17.1 Å². The van der Waals surface area contributed by atoms with Crippen LogP contribution in [0.25, 0.3) is 10.8 Å². The molecular weight excluding hydrogens is 526 g/mol. The van der Waals surface area contributed by atoms with Gasteiger partial charge in [0.25, 0.3) is 0 Å². The Kier molecular flexibility index (Phi) is 17.3.